The van der Waals surface area contributed by atoms with E-state index in [2.05, 4.69) is 10.3 Å². The van der Waals surface area contributed by atoms with Gasteiger partial charge in [-0.1, -0.05) is 12.1 Å². The molecule has 0 radical (unpaired) electrons. The fraction of sp³-hybridized carbons (Fsp3) is 0.231. The third-order valence-electron chi connectivity index (χ3n) is 2.92. The van der Waals surface area contributed by atoms with Gasteiger partial charge in [-0.25, -0.2) is 4.79 Å². The Labute approximate surface area is 118 Å². The lowest BCUT2D eigenvalue weighted by atomic mass is 10.2. The Kier molecular flexibility index (Phi) is 3.88. The third-order valence-corrected chi connectivity index (χ3v) is 2.92. The number of H-pyrrole nitrogens is 1. The van der Waals surface area contributed by atoms with Crippen molar-refractivity contribution in [3.8, 4) is 0 Å². The number of hydrogen-bond donors (Lipinski definition) is 2. The Morgan fingerprint density at radius 2 is 2.00 bits per heavy atom. The minimum atomic E-state index is -1.46. The highest BCUT2D eigenvalue weighted by Crippen LogP contribution is 2.02. The summed E-state index contributed by atoms with van der Waals surface area (Å²) < 4.78 is 0.708. The van der Waals surface area contributed by atoms with Crippen molar-refractivity contribution >= 4 is 22.8 Å². The number of aliphatic carboxylic acids is 1. The predicted octanol–water partition coefficient (Wildman–Crippen LogP) is -2.06. The molecule has 1 amide bonds. The zero-order chi connectivity index (χ0) is 15.6. The first-order chi connectivity index (χ1) is 9.90. The number of benzene rings is 1. The first-order valence-electron chi connectivity index (χ1n) is 6.12. The molecule has 0 saturated heterocycles. The molecule has 8 nitrogen and oxygen atoms in total. The van der Waals surface area contributed by atoms with E-state index >= 15 is 0 Å². The molecular weight excluding hydrogens is 278 g/mol. The molecule has 2 rings (SSSR count). The van der Waals surface area contributed by atoms with Crippen LogP contribution in [0.3, 0.4) is 0 Å². The van der Waals surface area contributed by atoms with Crippen LogP contribution in [0, 0.1) is 0 Å². The number of nitrogens with zero attached hydrogens (tertiary/aromatic N) is 1. The molecule has 0 aliphatic rings. The molecule has 1 atom stereocenters. The van der Waals surface area contributed by atoms with Gasteiger partial charge in [-0.3, -0.25) is 14.2 Å². The van der Waals surface area contributed by atoms with Crippen LogP contribution in [0.1, 0.15) is 6.92 Å². The summed E-state index contributed by atoms with van der Waals surface area (Å²) in [6, 6.07) is 5.17. The molecule has 0 aliphatic heterocycles. The van der Waals surface area contributed by atoms with Gasteiger partial charge in [0, 0.05) is 0 Å². The van der Waals surface area contributed by atoms with Gasteiger partial charge >= 0.3 is 5.69 Å². The Balaban J connectivity index is 2.35. The summed E-state index contributed by atoms with van der Waals surface area (Å²) in [5.74, 6) is -2.22. The highest BCUT2D eigenvalue weighted by molar-refractivity contribution is 5.82. The molecule has 2 aromatic rings. The minimum Gasteiger partial charge on any atom is -0.548 e. The number of carbonyl (C=O) groups is 2. The van der Waals surface area contributed by atoms with E-state index in [0.717, 1.165) is 0 Å². The highest BCUT2D eigenvalue weighted by atomic mass is 16.4. The lowest BCUT2D eigenvalue weighted by molar-refractivity contribution is -0.307. The number of carboxylic acid groups (broad SMARTS) is 1. The summed E-state index contributed by atoms with van der Waals surface area (Å²) in [4.78, 5) is 48.6. The standard InChI is InChI=1S/C13H13N3O5/c1-7(12(19)20)14-10(17)6-16-11(18)8-4-2-3-5-9(8)15-13(16)21/h2-5,7H,6H2,1H3,(H,14,17)(H,15,21)(H,19,20)/p-1/t7-/m1/s1. The zero-order valence-corrected chi connectivity index (χ0v) is 11.1. The van der Waals surface area contributed by atoms with E-state index in [1.54, 1.807) is 18.2 Å². The average Bonchev–Trinajstić information content (AvgIpc) is 2.43. The van der Waals surface area contributed by atoms with Crippen LogP contribution < -0.4 is 21.7 Å². The molecule has 1 aromatic heterocycles. The van der Waals surface area contributed by atoms with Crippen molar-refractivity contribution in [3.63, 3.8) is 0 Å². The van der Waals surface area contributed by atoms with Gasteiger partial charge in [-0.15, -0.1) is 0 Å². The fourth-order valence-electron chi connectivity index (χ4n) is 1.83. The number of fused-ring (bicyclic) bond motifs is 1. The number of carbonyl (C=O) groups excluding carboxylic acids is 2. The van der Waals surface area contributed by atoms with Crippen molar-refractivity contribution in [1.29, 1.82) is 0 Å². The summed E-state index contributed by atoms with van der Waals surface area (Å²) in [5.41, 5.74) is -0.993. The normalized spacial score (nSPS) is 12.0. The third kappa shape index (κ3) is 2.99. The van der Waals surface area contributed by atoms with E-state index in [1.165, 1.54) is 13.0 Å². The predicted molar refractivity (Wildman–Crippen MR) is 71.4 cm³/mol. The number of hydrogen-bond acceptors (Lipinski definition) is 5. The first kappa shape index (κ1) is 14.5. The molecule has 0 aliphatic carbocycles. The maximum Gasteiger partial charge on any atom is 0.329 e. The first-order valence-corrected chi connectivity index (χ1v) is 6.12. The van der Waals surface area contributed by atoms with Crippen LogP contribution in [0.5, 0.6) is 0 Å². The van der Waals surface area contributed by atoms with Crippen LogP contribution in [0.4, 0.5) is 0 Å². The summed E-state index contributed by atoms with van der Waals surface area (Å²) >= 11 is 0. The molecule has 21 heavy (non-hydrogen) atoms. The topological polar surface area (TPSA) is 124 Å². The van der Waals surface area contributed by atoms with Gasteiger partial charge in [0.05, 0.1) is 22.9 Å². The minimum absolute atomic E-state index is 0.262. The quantitative estimate of drug-likeness (QED) is 0.670. The lowest BCUT2D eigenvalue weighted by Crippen LogP contribution is -2.48. The molecule has 0 spiro atoms. The van der Waals surface area contributed by atoms with Crippen molar-refractivity contribution in [2.75, 3.05) is 0 Å². The number of aromatic nitrogens is 2. The number of carboxylic acids is 1. The average molecular weight is 290 g/mol. The molecule has 0 saturated carbocycles. The molecule has 8 heteroatoms. The van der Waals surface area contributed by atoms with Crippen LogP contribution in [0.25, 0.3) is 10.9 Å². The number of amides is 1. The van der Waals surface area contributed by atoms with E-state index in [4.69, 9.17) is 0 Å². The maximum absolute atomic E-state index is 12.1. The van der Waals surface area contributed by atoms with Gasteiger partial charge in [0.2, 0.25) is 5.91 Å². The summed E-state index contributed by atoms with van der Waals surface area (Å²) in [5, 5.41) is 12.9. The molecule has 0 unspecified atom stereocenters. The molecular formula is C13H12N3O5-. The molecule has 0 bridgehead atoms. The van der Waals surface area contributed by atoms with Crippen LogP contribution in [0.15, 0.2) is 33.9 Å². The monoisotopic (exact) mass is 290 g/mol. The van der Waals surface area contributed by atoms with Crippen molar-refractivity contribution in [1.82, 2.24) is 14.9 Å². The van der Waals surface area contributed by atoms with Crippen LogP contribution in [-0.2, 0) is 16.1 Å². The van der Waals surface area contributed by atoms with Crippen molar-refractivity contribution in [2.45, 2.75) is 19.5 Å². The smallest absolute Gasteiger partial charge is 0.329 e. The van der Waals surface area contributed by atoms with E-state index in [9.17, 15) is 24.3 Å². The Morgan fingerprint density at radius 1 is 1.33 bits per heavy atom. The van der Waals surface area contributed by atoms with Gasteiger partial charge in [0.25, 0.3) is 5.56 Å². The molecule has 2 N–H and O–H groups in total. The van der Waals surface area contributed by atoms with Gasteiger partial charge < -0.3 is 20.2 Å². The number of para-hydroxylation sites is 1. The van der Waals surface area contributed by atoms with Crippen LogP contribution in [-0.4, -0.2) is 27.5 Å². The number of nitrogens with one attached hydrogen (secondary N) is 2. The Morgan fingerprint density at radius 3 is 2.67 bits per heavy atom. The second-order valence-electron chi connectivity index (χ2n) is 4.48. The number of rotatable bonds is 4. The molecule has 1 heterocycles. The zero-order valence-electron chi connectivity index (χ0n) is 11.1. The lowest BCUT2D eigenvalue weighted by Gasteiger charge is -2.14. The van der Waals surface area contributed by atoms with Crippen molar-refractivity contribution in [2.24, 2.45) is 0 Å². The fourth-order valence-corrected chi connectivity index (χ4v) is 1.83. The SMILES string of the molecule is C[C@@H](NC(=O)Cn1c(=O)[nH]c2ccccc2c1=O)C(=O)[O-]. The van der Waals surface area contributed by atoms with E-state index in [0.29, 0.717) is 10.1 Å². The van der Waals surface area contributed by atoms with Gasteiger partial charge in [-0.2, -0.15) is 0 Å². The summed E-state index contributed by atoms with van der Waals surface area (Å²) in [7, 11) is 0. The Hall–Kier alpha value is -2.90. The van der Waals surface area contributed by atoms with E-state index < -0.39 is 35.7 Å². The van der Waals surface area contributed by atoms with Gasteiger partial charge in [0.15, 0.2) is 0 Å². The summed E-state index contributed by atoms with van der Waals surface area (Å²) in [6.07, 6.45) is 0. The maximum atomic E-state index is 12.1. The van der Waals surface area contributed by atoms with Gasteiger partial charge in [0.1, 0.15) is 6.54 Å². The second-order valence-corrected chi connectivity index (χ2v) is 4.48. The molecule has 1 aromatic carbocycles. The van der Waals surface area contributed by atoms with Gasteiger partial charge in [-0.05, 0) is 19.1 Å². The molecule has 110 valence electrons. The number of aromatic amines is 1. The van der Waals surface area contributed by atoms with Crippen molar-refractivity contribution in [3.05, 3.63) is 45.1 Å². The van der Waals surface area contributed by atoms with Crippen molar-refractivity contribution < 1.29 is 14.7 Å². The van der Waals surface area contributed by atoms with E-state index in [1.807, 2.05) is 0 Å². The largest absolute Gasteiger partial charge is 0.548 e. The van der Waals surface area contributed by atoms with Crippen LogP contribution >= 0.6 is 0 Å². The Bertz CT molecular complexity index is 820. The molecule has 0 fully saturated rings. The van der Waals surface area contributed by atoms with Crippen LogP contribution in [0.2, 0.25) is 0 Å². The summed E-state index contributed by atoms with van der Waals surface area (Å²) in [6.45, 7) is 0.650. The second kappa shape index (κ2) is 5.61. The highest BCUT2D eigenvalue weighted by Gasteiger charge is 2.13. The van der Waals surface area contributed by atoms with E-state index in [-0.39, 0.29) is 5.39 Å².